The Kier molecular flexibility index (Phi) is 0.996. The van der Waals surface area contributed by atoms with Gasteiger partial charge in [-0.05, 0) is 0 Å². The zero-order valence-corrected chi connectivity index (χ0v) is 5.20. The molecule has 0 saturated carbocycles. The molecule has 0 aromatic rings. The van der Waals surface area contributed by atoms with Gasteiger partial charge in [-0.15, -0.1) is 0 Å². The maximum atomic E-state index is 2.36. The summed E-state index contributed by atoms with van der Waals surface area (Å²) in [5.41, 5.74) is 0. The summed E-state index contributed by atoms with van der Waals surface area (Å²) in [6.45, 7) is 2.36. The van der Waals surface area contributed by atoms with Gasteiger partial charge in [-0.25, -0.2) is 0 Å². The van der Waals surface area contributed by atoms with Gasteiger partial charge in [0, 0.05) is 0 Å². The fraction of sp³-hybridized carbons (Fsp3) is 1.00. The Morgan fingerprint density at radius 2 is 2.25 bits per heavy atom. The van der Waals surface area contributed by atoms with E-state index in [4.69, 9.17) is 0 Å². The minimum atomic E-state index is 0.278. The van der Waals surface area contributed by atoms with Crippen molar-refractivity contribution in [2.75, 3.05) is 0 Å². The standard InChI is InChI=1S/C3H6.Ca/c1-3-2;/h3H,1H2,2H3;. The molecular weight excluding hydrogens is 76.1 g/mol. The van der Waals surface area contributed by atoms with Crippen LogP contribution in [0.25, 0.3) is 0 Å². The third kappa shape index (κ3) is 0.917. The molecule has 1 rings (SSSR count). The molecule has 1 aliphatic rings. The van der Waals surface area contributed by atoms with Gasteiger partial charge in [-0.2, -0.15) is 0 Å². The topological polar surface area (TPSA) is 0 Å². The fourth-order valence-electron chi connectivity index (χ4n) is 0.167. The maximum absolute atomic E-state index is 2.36. The molecule has 0 bridgehead atoms. The van der Waals surface area contributed by atoms with Crippen molar-refractivity contribution in [2.24, 2.45) is 0 Å². The van der Waals surface area contributed by atoms with Gasteiger partial charge in [-0.1, -0.05) is 0 Å². The third-order valence-electron chi connectivity index (χ3n) is 0.866. The molecule has 1 atom stereocenters. The number of hydrogen-bond acceptors (Lipinski definition) is 0. The second-order valence-electron chi connectivity index (χ2n) is 1.68. The Labute approximate surface area is 44.9 Å². The molecule has 1 unspecified atom stereocenters. The van der Waals surface area contributed by atoms with Gasteiger partial charge in [0.2, 0.25) is 0 Å². The Bertz CT molecular complexity index is 22.5. The molecule has 0 nitrogen and oxygen atoms in total. The van der Waals surface area contributed by atoms with Crippen molar-refractivity contribution >= 4 is 33.8 Å². The molecule has 0 aromatic heterocycles. The van der Waals surface area contributed by atoms with E-state index in [0.717, 1.165) is 0 Å². The van der Waals surface area contributed by atoms with Crippen LogP contribution in [0, 0.1) is 0 Å². The summed E-state index contributed by atoms with van der Waals surface area (Å²) in [7, 11) is 0. The summed E-state index contributed by atoms with van der Waals surface area (Å²) in [6, 6.07) is 0. The number of rotatable bonds is 0. The van der Waals surface area contributed by atoms with Crippen molar-refractivity contribution in [2.45, 2.75) is 11.5 Å². The van der Waals surface area contributed by atoms with Crippen LogP contribution >= 0.6 is 0 Å². The molecule has 4 heavy (non-hydrogen) atoms. The second-order valence-corrected chi connectivity index (χ2v) is 5.66. The molecule has 0 aromatic carbocycles. The zero-order chi connectivity index (χ0) is 2.99. The van der Waals surface area contributed by atoms with Crippen LogP contribution in [0.3, 0.4) is 0 Å². The molecule has 0 radical (unpaired) electrons. The van der Waals surface area contributed by atoms with Crippen molar-refractivity contribution in [3.05, 3.63) is 0 Å². The molecule has 0 amide bonds. The van der Waals surface area contributed by atoms with E-state index < -0.39 is 0 Å². The molecule has 1 aliphatic heterocycles. The van der Waals surface area contributed by atoms with Gasteiger partial charge in [0.15, 0.2) is 0 Å². The van der Waals surface area contributed by atoms with Crippen molar-refractivity contribution in [3.8, 4) is 0 Å². The van der Waals surface area contributed by atoms with E-state index in [1.54, 1.807) is 2.52 Å². The SMILES string of the molecule is C[CH]1[CH2][Ca]1. The molecule has 0 aliphatic carbocycles. The Morgan fingerprint density at radius 3 is 2.25 bits per heavy atom. The molecule has 20 valence electrons. The molecule has 1 heterocycles. The molecule has 0 N–H and O–H groups in total. The Hall–Kier alpha value is 1.26. The van der Waals surface area contributed by atoms with E-state index in [1.165, 1.54) is 2.01 Å². The Balaban J connectivity index is 2.17. The fourth-order valence-corrected chi connectivity index (χ4v) is 0.687. The van der Waals surface area contributed by atoms with E-state index in [0.29, 0.717) is 0 Å². The van der Waals surface area contributed by atoms with Crippen LogP contribution in [0.15, 0.2) is 0 Å². The second kappa shape index (κ2) is 1.16. The van der Waals surface area contributed by atoms with E-state index in [-0.39, 0.29) is 33.8 Å². The van der Waals surface area contributed by atoms with Crippen molar-refractivity contribution in [1.29, 1.82) is 0 Å². The summed E-state index contributed by atoms with van der Waals surface area (Å²) in [6.07, 6.45) is 0. The van der Waals surface area contributed by atoms with Crippen molar-refractivity contribution < 1.29 is 0 Å². The minimum absolute atomic E-state index is 0.278. The monoisotopic (exact) mass is 82.0 g/mol. The van der Waals surface area contributed by atoms with E-state index in [9.17, 15) is 0 Å². The summed E-state index contributed by atoms with van der Waals surface area (Å²) in [5, 5.41) is 0. The van der Waals surface area contributed by atoms with Gasteiger partial charge in [0.05, 0.1) is 0 Å². The van der Waals surface area contributed by atoms with E-state index >= 15 is 0 Å². The normalized spacial score (nSPS) is 35.8. The molecule has 1 saturated heterocycles. The van der Waals surface area contributed by atoms with Gasteiger partial charge in [0.25, 0.3) is 0 Å². The van der Waals surface area contributed by atoms with Crippen LogP contribution in [0.4, 0.5) is 0 Å². The van der Waals surface area contributed by atoms with E-state index in [2.05, 4.69) is 6.92 Å². The average molecular weight is 82.2 g/mol. The van der Waals surface area contributed by atoms with Crippen LogP contribution in [-0.4, -0.2) is 33.8 Å². The van der Waals surface area contributed by atoms with Gasteiger partial charge >= 0.3 is 45.3 Å². The van der Waals surface area contributed by atoms with Crippen LogP contribution in [-0.2, 0) is 0 Å². The van der Waals surface area contributed by atoms with Crippen LogP contribution in [0.5, 0.6) is 0 Å². The first kappa shape index (κ1) is 3.45. The van der Waals surface area contributed by atoms with Crippen LogP contribution < -0.4 is 0 Å². The first-order valence-electron chi connectivity index (χ1n) is 1.89. The van der Waals surface area contributed by atoms with Crippen LogP contribution in [0.1, 0.15) is 6.92 Å². The van der Waals surface area contributed by atoms with Crippen LogP contribution in [0.2, 0.25) is 4.53 Å². The summed E-state index contributed by atoms with van der Waals surface area (Å²) < 4.78 is 2.94. The number of hydrogen-bond donors (Lipinski definition) is 0. The predicted molar refractivity (Wildman–Crippen MR) is 20.0 cm³/mol. The van der Waals surface area contributed by atoms with Gasteiger partial charge < -0.3 is 0 Å². The predicted octanol–water partition coefficient (Wildman–Crippen LogP) is 0.931. The first-order valence-corrected chi connectivity index (χ1v) is 4.73. The molecule has 0 spiro atoms. The first-order chi connectivity index (χ1) is 1.89. The molecule has 1 fully saturated rings. The van der Waals surface area contributed by atoms with E-state index in [1.807, 2.05) is 0 Å². The van der Waals surface area contributed by atoms with Crippen molar-refractivity contribution in [1.82, 2.24) is 0 Å². The molecule has 1 heteroatoms. The summed E-state index contributed by atoms with van der Waals surface area (Å²) in [4.78, 5) is 0. The molecular formula is C3H6Ca. The summed E-state index contributed by atoms with van der Waals surface area (Å²) in [5.74, 6) is 0. The van der Waals surface area contributed by atoms with Gasteiger partial charge in [0.1, 0.15) is 0 Å². The third-order valence-corrected chi connectivity index (χ3v) is 3.57. The van der Waals surface area contributed by atoms with Gasteiger partial charge in [-0.3, -0.25) is 0 Å². The van der Waals surface area contributed by atoms with Crippen molar-refractivity contribution in [3.63, 3.8) is 0 Å². The zero-order valence-electron chi connectivity index (χ0n) is 2.99. The quantitative estimate of drug-likeness (QED) is 0.381. The summed E-state index contributed by atoms with van der Waals surface area (Å²) >= 11 is 0.278. The average Bonchev–Trinajstić information content (AvgIpc) is 1.75. The Morgan fingerprint density at radius 1 is 2.00 bits per heavy atom.